The van der Waals surface area contributed by atoms with E-state index in [0.29, 0.717) is 31.8 Å². The van der Waals surface area contributed by atoms with E-state index in [2.05, 4.69) is 0 Å². The number of Topliss-reactive ketones (excluding diaryl/α,β-unsaturated/α-hetero) is 1. The summed E-state index contributed by atoms with van der Waals surface area (Å²) in [6.45, 7) is 6.45. The third-order valence-corrected chi connectivity index (χ3v) is 3.41. The van der Waals surface area contributed by atoms with Crippen LogP contribution >= 0.6 is 0 Å². The summed E-state index contributed by atoms with van der Waals surface area (Å²) < 4.78 is 17.2. The summed E-state index contributed by atoms with van der Waals surface area (Å²) in [5.41, 5.74) is 0.548. The van der Waals surface area contributed by atoms with Gasteiger partial charge in [0.25, 0.3) is 5.97 Å². The van der Waals surface area contributed by atoms with Crippen LogP contribution in [0.1, 0.15) is 44.0 Å². The molecule has 23 heavy (non-hydrogen) atoms. The van der Waals surface area contributed by atoms with Gasteiger partial charge in [0.2, 0.25) is 0 Å². The quantitative estimate of drug-likeness (QED) is 0.336. The van der Waals surface area contributed by atoms with Gasteiger partial charge in [-0.15, -0.1) is 0 Å². The highest BCUT2D eigenvalue weighted by atomic mass is 16.9. The molecule has 0 aliphatic heterocycles. The highest BCUT2D eigenvalue weighted by molar-refractivity contribution is 5.98. The number of rotatable bonds is 12. The molecule has 0 saturated heterocycles. The third kappa shape index (κ3) is 5.23. The number of hydrogen-bond donors (Lipinski definition) is 0. The molecule has 1 rings (SSSR count). The molecule has 1 aromatic rings. The molecule has 128 valence electrons. The SMILES string of the molecule is CCOC(OCC)(OCC)[C@H](CCC=O)C(=O)c1ccccc1. The van der Waals surface area contributed by atoms with Gasteiger partial charge in [-0.05, 0) is 27.2 Å². The Kier molecular flexibility index (Phi) is 8.69. The van der Waals surface area contributed by atoms with Crippen molar-refractivity contribution >= 4 is 12.1 Å². The van der Waals surface area contributed by atoms with E-state index in [1.54, 1.807) is 24.3 Å². The fourth-order valence-electron chi connectivity index (χ4n) is 2.54. The number of ketones is 1. The molecule has 0 aliphatic carbocycles. The first-order valence-corrected chi connectivity index (χ1v) is 8.09. The van der Waals surface area contributed by atoms with Crippen molar-refractivity contribution in [2.24, 2.45) is 5.92 Å². The van der Waals surface area contributed by atoms with Gasteiger partial charge in [0, 0.05) is 31.8 Å². The lowest BCUT2D eigenvalue weighted by molar-refractivity contribution is -0.393. The number of benzene rings is 1. The van der Waals surface area contributed by atoms with Crippen LogP contribution in [0, 0.1) is 5.92 Å². The van der Waals surface area contributed by atoms with Gasteiger partial charge in [0.15, 0.2) is 5.78 Å². The molecule has 0 amide bonds. The maximum atomic E-state index is 13.0. The van der Waals surface area contributed by atoms with Crippen LogP contribution in [-0.4, -0.2) is 37.9 Å². The molecule has 1 aromatic carbocycles. The minimum absolute atomic E-state index is 0.150. The van der Waals surface area contributed by atoms with Crippen molar-refractivity contribution in [2.45, 2.75) is 39.6 Å². The van der Waals surface area contributed by atoms with Crippen molar-refractivity contribution in [1.29, 1.82) is 0 Å². The van der Waals surface area contributed by atoms with Crippen LogP contribution in [0.15, 0.2) is 30.3 Å². The third-order valence-electron chi connectivity index (χ3n) is 3.41. The van der Waals surface area contributed by atoms with Crippen molar-refractivity contribution in [3.05, 3.63) is 35.9 Å². The minimum atomic E-state index is -1.46. The molecule has 0 spiro atoms. The predicted molar refractivity (Wildman–Crippen MR) is 87.2 cm³/mol. The Morgan fingerprint density at radius 1 is 1.04 bits per heavy atom. The molecule has 0 N–H and O–H groups in total. The predicted octanol–water partition coefficient (Wildman–Crippen LogP) is 3.23. The Morgan fingerprint density at radius 3 is 2.00 bits per heavy atom. The number of carbonyl (C=O) groups is 2. The highest BCUT2D eigenvalue weighted by Gasteiger charge is 2.46. The first-order chi connectivity index (χ1) is 11.1. The minimum Gasteiger partial charge on any atom is -0.327 e. The van der Waals surface area contributed by atoms with Crippen LogP contribution in [0.5, 0.6) is 0 Å². The first kappa shape index (κ1) is 19.5. The Hall–Kier alpha value is -1.56. The molecule has 0 unspecified atom stereocenters. The summed E-state index contributed by atoms with van der Waals surface area (Å²) in [6.07, 6.45) is 1.33. The van der Waals surface area contributed by atoms with Crippen molar-refractivity contribution in [3.8, 4) is 0 Å². The van der Waals surface area contributed by atoms with E-state index in [1.165, 1.54) is 0 Å². The van der Waals surface area contributed by atoms with E-state index >= 15 is 0 Å². The maximum Gasteiger partial charge on any atom is 0.293 e. The second-order valence-electron chi connectivity index (χ2n) is 4.93. The van der Waals surface area contributed by atoms with Gasteiger partial charge >= 0.3 is 0 Å². The van der Waals surface area contributed by atoms with Gasteiger partial charge in [0.1, 0.15) is 12.2 Å². The van der Waals surface area contributed by atoms with Gasteiger partial charge < -0.3 is 19.0 Å². The van der Waals surface area contributed by atoms with Crippen LogP contribution in [0.4, 0.5) is 0 Å². The van der Waals surface area contributed by atoms with E-state index in [9.17, 15) is 9.59 Å². The smallest absolute Gasteiger partial charge is 0.293 e. The van der Waals surface area contributed by atoms with Crippen LogP contribution in [0.2, 0.25) is 0 Å². The van der Waals surface area contributed by atoms with Gasteiger partial charge in [-0.25, -0.2) is 0 Å². The number of ether oxygens (including phenoxy) is 3. The van der Waals surface area contributed by atoms with Crippen LogP contribution in [-0.2, 0) is 19.0 Å². The zero-order valence-corrected chi connectivity index (χ0v) is 14.1. The Morgan fingerprint density at radius 2 is 1.57 bits per heavy atom. The summed E-state index contributed by atoms with van der Waals surface area (Å²) in [5.74, 6) is -2.33. The Bertz CT molecular complexity index is 455. The number of aldehydes is 1. The summed E-state index contributed by atoms with van der Waals surface area (Å²) >= 11 is 0. The van der Waals surface area contributed by atoms with E-state index in [4.69, 9.17) is 14.2 Å². The second kappa shape index (κ2) is 10.3. The number of hydrogen-bond acceptors (Lipinski definition) is 5. The zero-order valence-electron chi connectivity index (χ0n) is 14.1. The zero-order chi connectivity index (χ0) is 17.1. The van der Waals surface area contributed by atoms with Crippen molar-refractivity contribution in [3.63, 3.8) is 0 Å². The molecule has 5 heteroatoms. The molecule has 0 fully saturated rings. The summed E-state index contributed by atoms with van der Waals surface area (Å²) in [4.78, 5) is 23.8. The van der Waals surface area contributed by atoms with Crippen molar-refractivity contribution < 1.29 is 23.8 Å². The topological polar surface area (TPSA) is 61.8 Å². The standard InChI is InChI=1S/C18H26O5/c1-4-21-18(22-5-2,23-6-3)16(13-10-14-19)17(20)15-11-8-7-9-12-15/h7-9,11-12,14,16H,4-6,10,13H2,1-3H3/t16-/m1/s1. The van der Waals surface area contributed by atoms with Gasteiger partial charge in [-0.2, -0.15) is 0 Å². The van der Waals surface area contributed by atoms with E-state index < -0.39 is 11.9 Å². The molecule has 1 atom stereocenters. The molecule has 0 heterocycles. The Labute approximate surface area is 137 Å². The molecule has 0 aromatic heterocycles. The fraction of sp³-hybridized carbons (Fsp3) is 0.556. The van der Waals surface area contributed by atoms with E-state index in [0.717, 1.165) is 6.29 Å². The monoisotopic (exact) mass is 322 g/mol. The molecule has 0 bridgehead atoms. The van der Waals surface area contributed by atoms with Gasteiger partial charge in [-0.1, -0.05) is 30.3 Å². The molecule has 0 aliphatic rings. The van der Waals surface area contributed by atoms with Crippen LogP contribution in [0.3, 0.4) is 0 Å². The lowest BCUT2D eigenvalue weighted by Crippen LogP contribution is -2.50. The normalized spacial score (nSPS) is 12.8. The van der Waals surface area contributed by atoms with Crippen LogP contribution in [0.25, 0.3) is 0 Å². The molecular weight excluding hydrogens is 296 g/mol. The van der Waals surface area contributed by atoms with E-state index in [-0.39, 0.29) is 12.2 Å². The molecule has 5 nitrogen and oxygen atoms in total. The maximum absolute atomic E-state index is 13.0. The summed E-state index contributed by atoms with van der Waals surface area (Å²) in [5, 5.41) is 0. The molecular formula is C18H26O5. The second-order valence-corrected chi connectivity index (χ2v) is 4.93. The highest BCUT2D eigenvalue weighted by Crippen LogP contribution is 2.32. The average Bonchev–Trinajstić information content (AvgIpc) is 2.56. The molecule has 0 saturated carbocycles. The lowest BCUT2D eigenvalue weighted by Gasteiger charge is -2.38. The Balaban J connectivity index is 3.21. The van der Waals surface area contributed by atoms with E-state index in [1.807, 2.05) is 26.8 Å². The largest absolute Gasteiger partial charge is 0.327 e. The van der Waals surface area contributed by atoms with Gasteiger partial charge in [0.05, 0.1) is 0 Å². The first-order valence-electron chi connectivity index (χ1n) is 8.09. The summed E-state index contributed by atoms with van der Waals surface area (Å²) in [6, 6.07) is 8.93. The fourth-order valence-corrected chi connectivity index (χ4v) is 2.54. The molecule has 0 radical (unpaired) electrons. The lowest BCUT2D eigenvalue weighted by atomic mass is 9.90. The van der Waals surface area contributed by atoms with Gasteiger partial charge in [-0.3, -0.25) is 4.79 Å². The summed E-state index contributed by atoms with van der Waals surface area (Å²) in [7, 11) is 0. The van der Waals surface area contributed by atoms with Crippen LogP contribution < -0.4 is 0 Å². The van der Waals surface area contributed by atoms with Crippen molar-refractivity contribution in [1.82, 2.24) is 0 Å². The number of carbonyl (C=O) groups excluding carboxylic acids is 2. The average molecular weight is 322 g/mol. The van der Waals surface area contributed by atoms with Crippen molar-refractivity contribution in [2.75, 3.05) is 19.8 Å².